The van der Waals surface area contributed by atoms with E-state index in [0.29, 0.717) is 0 Å². The van der Waals surface area contributed by atoms with E-state index in [4.69, 9.17) is 29.1 Å². The fourth-order valence-electron chi connectivity index (χ4n) is 2.99. The van der Waals surface area contributed by atoms with Gasteiger partial charge in [-0.2, -0.15) is 0 Å². The van der Waals surface area contributed by atoms with Crippen molar-refractivity contribution in [1.29, 1.82) is 5.39 Å². The molecule has 2 N–H and O–H groups in total. The molecule has 0 unspecified atom stereocenters. The second kappa shape index (κ2) is 7.43. The predicted molar refractivity (Wildman–Crippen MR) is 85.7 cm³/mol. The molecule has 0 aromatic rings. The van der Waals surface area contributed by atoms with Crippen molar-refractivity contribution in [1.82, 2.24) is 0 Å². The Morgan fingerprint density at radius 1 is 1.24 bits per heavy atom. The van der Waals surface area contributed by atoms with Crippen LogP contribution in [0.15, 0.2) is 11.6 Å². The molecule has 2 aliphatic heterocycles. The van der Waals surface area contributed by atoms with Crippen LogP contribution in [0.2, 0.25) is 0 Å². The molecule has 0 aromatic carbocycles. The fraction of sp³-hybridized carbons (Fsp3) is 0.875. The number of hydrogen-bond donors (Lipinski definition) is 2. The maximum Gasteiger partial charge on any atom is 0.443 e. The van der Waals surface area contributed by atoms with E-state index in [9.17, 15) is 10.2 Å². The van der Waals surface area contributed by atoms with Gasteiger partial charge in [0.15, 0.2) is 16.6 Å². The van der Waals surface area contributed by atoms with Gasteiger partial charge in [-0.15, -0.1) is 0 Å². The van der Waals surface area contributed by atoms with E-state index in [1.807, 2.05) is 0 Å². The summed E-state index contributed by atoms with van der Waals surface area (Å²) in [5.41, 5.74) is -0.0886. The highest BCUT2D eigenvalue weighted by atomic mass is 16.8. The highest BCUT2D eigenvalue weighted by Gasteiger charge is 2.51. The molecule has 0 radical (unpaired) electrons. The number of aliphatic hydroxyl groups is 2. The van der Waals surface area contributed by atoms with E-state index < -0.39 is 41.9 Å². The van der Waals surface area contributed by atoms with Gasteiger partial charge in [-0.3, -0.25) is 0 Å². The van der Waals surface area contributed by atoms with Gasteiger partial charge >= 0.3 is 11.6 Å². The van der Waals surface area contributed by atoms with Gasteiger partial charge in [-0.1, -0.05) is 0 Å². The maximum absolute atomic E-state index is 10.7. The molecule has 0 saturated carbocycles. The van der Waals surface area contributed by atoms with Crippen molar-refractivity contribution in [2.24, 2.45) is 0 Å². The Morgan fingerprint density at radius 3 is 2.44 bits per heavy atom. The second-order valence-electron chi connectivity index (χ2n) is 6.99. The number of ether oxygens (including phenoxy) is 5. The van der Waals surface area contributed by atoms with Crippen molar-refractivity contribution >= 4 is 0 Å². The molecule has 2 heterocycles. The van der Waals surface area contributed by atoms with E-state index in [-0.39, 0.29) is 25.3 Å². The first-order valence-electron chi connectivity index (χ1n) is 8.34. The zero-order valence-corrected chi connectivity index (χ0v) is 15.3. The molecule has 9 heteroatoms. The van der Waals surface area contributed by atoms with E-state index >= 15 is 0 Å². The number of aliphatic hydroxyl groups excluding tert-OH is 2. The predicted octanol–water partition coefficient (Wildman–Crippen LogP) is 2.03. The quantitative estimate of drug-likeness (QED) is 0.547. The van der Waals surface area contributed by atoms with Crippen molar-refractivity contribution in [2.45, 2.75) is 77.0 Å². The highest BCUT2D eigenvalue weighted by Crippen LogP contribution is 2.36. The van der Waals surface area contributed by atoms with Gasteiger partial charge in [0.1, 0.15) is 24.4 Å². The summed E-state index contributed by atoms with van der Waals surface area (Å²) in [6.45, 7) is 9.08. The lowest BCUT2D eigenvalue weighted by molar-refractivity contribution is -0.178. The number of hydrogen-bond acceptors (Lipinski definition) is 8. The third-order valence-electron chi connectivity index (χ3n) is 4.01. The van der Waals surface area contributed by atoms with Crippen molar-refractivity contribution in [3.8, 4) is 0 Å². The van der Waals surface area contributed by atoms with Crippen LogP contribution in [0.1, 0.15) is 41.0 Å². The van der Waals surface area contributed by atoms with E-state index in [1.165, 1.54) is 0 Å². The molecule has 25 heavy (non-hydrogen) atoms. The average molecular weight is 359 g/mol. The van der Waals surface area contributed by atoms with Crippen LogP contribution in [0, 0.1) is 5.39 Å². The molecule has 2 fully saturated rings. The standard InChI is InChI=1S/C16H26N2O7/c1-6-21-14(20)9(18-17)7-10-13(25-16(4,5)23-10)12(19)11-8-22-15(2,3)24-11/h10-13,19H,6-8H2,1-5H3/p+1/b14-9-/t10-,11-,12-,13-/m1/s1. The molecule has 0 amide bonds. The van der Waals surface area contributed by atoms with Crippen LogP contribution in [-0.2, 0) is 23.7 Å². The van der Waals surface area contributed by atoms with Crippen LogP contribution in [0.3, 0.4) is 0 Å². The van der Waals surface area contributed by atoms with Gasteiger partial charge in [-0.25, -0.2) is 0 Å². The molecule has 0 bridgehead atoms. The summed E-state index contributed by atoms with van der Waals surface area (Å²) in [5.74, 6) is -2.23. The molecule has 9 nitrogen and oxygen atoms in total. The van der Waals surface area contributed by atoms with Crippen LogP contribution in [0.5, 0.6) is 0 Å². The molecule has 0 spiro atoms. The lowest BCUT2D eigenvalue weighted by Gasteiger charge is -2.26. The van der Waals surface area contributed by atoms with Crippen LogP contribution < -0.4 is 0 Å². The zero-order valence-electron chi connectivity index (χ0n) is 15.3. The summed E-state index contributed by atoms with van der Waals surface area (Å²) in [5, 5.41) is 29.6. The summed E-state index contributed by atoms with van der Waals surface area (Å²) in [6.07, 6.45) is -3.05. The molecule has 0 aliphatic carbocycles. The third-order valence-corrected chi connectivity index (χ3v) is 4.01. The molecule has 2 saturated heterocycles. The minimum absolute atomic E-state index is 0.00946. The Balaban J connectivity index is 2.15. The molecule has 2 aliphatic rings. The van der Waals surface area contributed by atoms with Gasteiger partial charge < -0.3 is 33.9 Å². The van der Waals surface area contributed by atoms with Crippen LogP contribution in [-0.4, -0.2) is 59.4 Å². The second-order valence-corrected chi connectivity index (χ2v) is 6.99. The van der Waals surface area contributed by atoms with Gasteiger partial charge in [0.05, 0.1) is 19.6 Å². The molecule has 2 rings (SSSR count). The number of nitrogens with zero attached hydrogens (tertiary/aromatic N) is 2. The van der Waals surface area contributed by atoms with Crippen LogP contribution in [0.25, 0.3) is 4.98 Å². The first-order valence-corrected chi connectivity index (χ1v) is 8.34. The minimum atomic E-state index is -1.03. The zero-order chi connectivity index (χ0) is 18.8. The largest absolute Gasteiger partial charge is 0.475 e. The first-order chi connectivity index (χ1) is 11.6. The monoisotopic (exact) mass is 359 g/mol. The number of rotatable bonds is 6. The fourth-order valence-corrected chi connectivity index (χ4v) is 2.99. The molecule has 142 valence electrons. The van der Waals surface area contributed by atoms with Gasteiger partial charge in [0.2, 0.25) is 5.39 Å². The Morgan fingerprint density at radius 2 is 1.92 bits per heavy atom. The van der Waals surface area contributed by atoms with Gasteiger partial charge in [-0.05, 0) is 34.6 Å². The topological polar surface area (TPSA) is 115 Å². The first kappa shape index (κ1) is 19.9. The molecule has 4 atom stereocenters. The minimum Gasteiger partial charge on any atom is -0.475 e. The Bertz CT molecular complexity index is 555. The smallest absolute Gasteiger partial charge is 0.443 e. The lowest BCUT2D eigenvalue weighted by Crippen LogP contribution is -2.45. The molecular weight excluding hydrogens is 332 g/mol. The van der Waals surface area contributed by atoms with E-state index in [1.54, 1.807) is 34.6 Å². The Kier molecular flexibility index (Phi) is 5.91. The third kappa shape index (κ3) is 4.80. The SMILES string of the molecule is CCO/C(O)=C(/C[C@H]1OC(C)(C)O[C@H]1[C@H](O)[C@H]1COC(C)(C)O1)[N+]#N. The Labute approximate surface area is 147 Å². The van der Waals surface area contributed by atoms with Crippen molar-refractivity contribution in [3.63, 3.8) is 0 Å². The molecular formula is C16H27N2O7+. The summed E-state index contributed by atoms with van der Waals surface area (Å²) in [4.78, 5) is 3.06. The summed E-state index contributed by atoms with van der Waals surface area (Å²) >= 11 is 0. The molecule has 0 aromatic heterocycles. The number of diazo groups is 1. The average Bonchev–Trinajstić information content (AvgIpc) is 3.03. The summed E-state index contributed by atoms with van der Waals surface area (Å²) < 4.78 is 27.8. The Hall–Kier alpha value is -1.44. The van der Waals surface area contributed by atoms with Gasteiger partial charge in [0, 0.05) is 0 Å². The maximum atomic E-state index is 10.7. The van der Waals surface area contributed by atoms with E-state index in [2.05, 4.69) is 4.98 Å². The van der Waals surface area contributed by atoms with Crippen molar-refractivity contribution in [3.05, 3.63) is 16.6 Å². The van der Waals surface area contributed by atoms with Gasteiger partial charge in [0.25, 0.3) is 0 Å². The highest BCUT2D eigenvalue weighted by molar-refractivity contribution is 5.13. The summed E-state index contributed by atoms with van der Waals surface area (Å²) in [7, 11) is 0. The normalized spacial score (nSPS) is 32.8. The lowest BCUT2D eigenvalue weighted by atomic mass is 10.00. The summed E-state index contributed by atoms with van der Waals surface area (Å²) in [6, 6.07) is 0. The van der Waals surface area contributed by atoms with Crippen LogP contribution >= 0.6 is 0 Å². The van der Waals surface area contributed by atoms with E-state index in [0.717, 1.165) is 0 Å². The van der Waals surface area contributed by atoms with Crippen molar-refractivity contribution < 1.29 is 33.9 Å². The van der Waals surface area contributed by atoms with Crippen molar-refractivity contribution in [2.75, 3.05) is 13.2 Å². The van der Waals surface area contributed by atoms with Crippen LogP contribution in [0.4, 0.5) is 0 Å².